The van der Waals surface area contributed by atoms with Crippen LogP contribution in [0.2, 0.25) is 5.02 Å². The van der Waals surface area contributed by atoms with E-state index in [0.29, 0.717) is 0 Å². The van der Waals surface area contributed by atoms with Crippen LogP contribution in [0.15, 0.2) is 17.6 Å². The SMILES string of the molecule is CCc1nc(C(C)NC)cn1Cc1sccc1Cl. The summed E-state index contributed by atoms with van der Waals surface area (Å²) in [6.07, 6.45) is 3.05. The predicted octanol–water partition coefficient (Wildman–Crippen LogP) is 3.49. The molecule has 2 aromatic rings. The Balaban J connectivity index is 2.27. The van der Waals surface area contributed by atoms with Crippen molar-refractivity contribution in [3.8, 4) is 0 Å². The Morgan fingerprint density at radius 3 is 2.89 bits per heavy atom. The zero-order chi connectivity index (χ0) is 13.1. The molecule has 0 fully saturated rings. The lowest BCUT2D eigenvalue weighted by Gasteiger charge is -2.05. The van der Waals surface area contributed by atoms with E-state index in [1.54, 1.807) is 11.3 Å². The van der Waals surface area contributed by atoms with E-state index >= 15 is 0 Å². The van der Waals surface area contributed by atoms with Crippen LogP contribution in [0.1, 0.15) is 36.3 Å². The zero-order valence-corrected chi connectivity index (χ0v) is 12.5. The Morgan fingerprint density at radius 2 is 2.33 bits per heavy atom. The van der Waals surface area contributed by atoms with Crippen LogP contribution in [0.25, 0.3) is 0 Å². The third-order valence-electron chi connectivity index (χ3n) is 3.08. The highest BCUT2D eigenvalue weighted by atomic mass is 35.5. The molecule has 0 aromatic carbocycles. The van der Waals surface area contributed by atoms with Crippen LogP contribution in [0.3, 0.4) is 0 Å². The topological polar surface area (TPSA) is 29.9 Å². The highest BCUT2D eigenvalue weighted by Crippen LogP contribution is 2.24. The van der Waals surface area contributed by atoms with Gasteiger partial charge >= 0.3 is 0 Å². The molecule has 0 bridgehead atoms. The van der Waals surface area contributed by atoms with Crippen LogP contribution < -0.4 is 5.32 Å². The smallest absolute Gasteiger partial charge is 0.109 e. The summed E-state index contributed by atoms with van der Waals surface area (Å²) in [5.41, 5.74) is 1.09. The van der Waals surface area contributed by atoms with Crippen LogP contribution >= 0.6 is 22.9 Å². The Bertz CT molecular complexity index is 518. The molecule has 5 heteroatoms. The van der Waals surface area contributed by atoms with E-state index in [1.165, 1.54) is 4.88 Å². The number of hydrogen-bond acceptors (Lipinski definition) is 3. The molecule has 2 aromatic heterocycles. The average Bonchev–Trinajstić information content (AvgIpc) is 2.96. The van der Waals surface area contributed by atoms with Gasteiger partial charge in [0.2, 0.25) is 0 Å². The lowest BCUT2D eigenvalue weighted by atomic mass is 10.3. The summed E-state index contributed by atoms with van der Waals surface area (Å²) in [4.78, 5) is 5.86. The minimum Gasteiger partial charge on any atom is -0.329 e. The summed E-state index contributed by atoms with van der Waals surface area (Å²) in [5.74, 6) is 1.11. The van der Waals surface area contributed by atoms with Crippen LogP contribution in [0.4, 0.5) is 0 Å². The molecule has 2 rings (SSSR count). The maximum absolute atomic E-state index is 6.15. The molecule has 18 heavy (non-hydrogen) atoms. The van der Waals surface area contributed by atoms with Crippen molar-refractivity contribution in [2.24, 2.45) is 0 Å². The highest BCUT2D eigenvalue weighted by Gasteiger charge is 2.12. The predicted molar refractivity (Wildman–Crippen MR) is 77.5 cm³/mol. The number of thiophene rings is 1. The second-order valence-electron chi connectivity index (χ2n) is 4.27. The third kappa shape index (κ3) is 2.76. The van der Waals surface area contributed by atoms with Crippen molar-refractivity contribution in [2.45, 2.75) is 32.9 Å². The molecule has 2 heterocycles. The summed E-state index contributed by atoms with van der Waals surface area (Å²) >= 11 is 7.84. The van der Waals surface area contributed by atoms with Gasteiger partial charge in [0.05, 0.1) is 17.3 Å². The van der Waals surface area contributed by atoms with Crippen LogP contribution in [-0.4, -0.2) is 16.6 Å². The van der Waals surface area contributed by atoms with Crippen LogP contribution in [0, 0.1) is 0 Å². The van der Waals surface area contributed by atoms with Gasteiger partial charge < -0.3 is 9.88 Å². The highest BCUT2D eigenvalue weighted by molar-refractivity contribution is 7.10. The Labute approximate surface area is 117 Å². The number of halogens is 1. The molecule has 1 atom stereocenters. The largest absolute Gasteiger partial charge is 0.329 e. The Kier molecular flexibility index (Phi) is 4.43. The van der Waals surface area contributed by atoms with E-state index in [9.17, 15) is 0 Å². The van der Waals surface area contributed by atoms with Gasteiger partial charge in [-0.05, 0) is 25.4 Å². The first kappa shape index (κ1) is 13.6. The number of imidazole rings is 1. The van der Waals surface area contributed by atoms with Gasteiger partial charge in [-0.1, -0.05) is 18.5 Å². The van der Waals surface area contributed by atoms with E-state index < -0.39 is 0 Å². The number of nitrogens with zero attached hydrogens (tertiary/aromatic N) is 2. The lowest BCUT2D eigenvalue weighted by Crippen LogP contribution is -2.12. The Hall–Kier alpha value is -0.840. The minimum absolute atomic E-state index is 0.273. The number of rotatable bonds is 5. The van der Waals surface area contributed by atoms with E-state index in [2.05, 4.69) is 34.9 Å². The fourth-order valence-electron chi connectivity index (χ4n) is 1.84. The van der Waals surface area contributed by atoms with E-state index in [1.807, 2.05) is 18.5 Å². The quantitative estimate of drug-likeness (QED) is 0.910. The number of aromatic nitrogens is 2. The summed E-state index contributed by atoms with van der Waals surface area (Å²) in [7, 11) is 1.95. The van der Waals surface area contributed by atoms with Gasteiger partial charge in [-0.2, -0.15) is 0 Å². The van der Waals surface area contributed by atoms with Crippen molar-refractivity contribution >= 4 is 22.9 Å². The molecular formula is C13H18ClN3S. The molecule has 0 aliphatic carbocycles. The van der Waals surface area contributed by atoms with E-state index in [4.69, 9.17) is 11.6 Å². The van der Waals surface area contributed by atoms with Crippen molar-refractivity contribution in [2.75, 3.05) is 7.05 Å². The maximum atomic E-state index is 6.15. The van der Waals surface area contributed by atoms with Gasteiger partial charge in [0, 0.05) is 23.5 Å². The molecule has 0 aliphatic rings. The number of aryl methyl sites for hydroxylation is 1. The summed E-state index contributed by atoms with van der Waals surface area (Å²) in [6.45, 7) is 5.05. The van der Waals surface area contributed by atoms with Gasteiger partial charge in [-0.25, -0.2) is 4.98 Å². The second kappa shape index (κ2) is 5.87. The number of nitrogens with one attached hydrogen (secondary N) is 1. The molecule has 0 aliphatic heterocycles. The summed E-state index contributed by atoms with van der Waals surface area (Å²) in [6, 6.07) is 2.22. The molecule has 1 N–H and O–H groups in total. The second-order valence-corrected chi connectivity index (χ2v) is 5.67. The van der Waals surface area contributed by atoms with Crippen molar-refractivity contribution < 1.29 is 0 Å². The van der Waals surface area contributed by atoms with E-state index in [0.717, 1.165) is 29.5 Å². The van der Waals surface area contributed by atoms with Gasteiger partial charge in [-0.15, -0.1) is 11.3 Å². The Morgan fingerprint density at radius 1 is 1.56 bits per heavy atom. The molecular weight excluding hydrogens is 266 g/mol. The van der Waals surface area contributed by atoms with Crippen LogP contribution in [0.5, 0.6) is 0 Å². The zero-order valence-electron chi connectivity index (χ0n) is 10.9. The molecule has 0 saturated carbocycles. The van der Waals surface area contributed by atoms with Crippen molar-refractivity contribution in [3.05, 3.63) is 39.1 Å². The molecule has 0 saturated heterocycles. The maximum Gasteiger partial charge on any atom is 0.109 e. The fraction of sp³-hybridized carbons (Fsp3) is 0.462. The monoisotopic (exact) mass is 283 g/mol. The van der Waals surface area contributed by atoms with Crippen molar-refractivity contribution in [3.63, 3.8) is 0 Å². The average molecular weight is 284 g/mol. The molecule has 0 radical (unpaired) electrons. The minimum atomic E-state index is 0.273. The first-order valence-electron chi connectivity index (χ1n) is 6.10. The number of hydrogen-bond donors (Lipinski definition) is 1. The lowest BCUT2D eigenvalue weighted by molar-refractivity contribution is 0.634. The first-order chi connectivity index (χ1) is 8.65. The standard InChI is InChI=1S/C13H18ClN3S/c1-4-13-16-11(9(2)15-3)7-17(13)8-12-10(14)5-6-18-12/h5-7,9,15H,4,8H2,1-3H3. The van der Waals surface area contributed by atoms with Gasteiger partial charge in [0.25, 0.3) is 0 Å². The summed E-state index contributed by atoms with van der Waals surface area (Å²) in [5, 5.41) is 6.09. The summed E-state index contributed by atoms with van der Waals surface area (Å²) < 4.78 is 2.20. The first-order valence-corrected chi connectivity index (χ1v) is 7.36. The molecule has 1 unspecified atom stereocenters. The van der Waals surface area contributed by atoms with Gasteiger partial charge in [-0.3, -0.25) is 0 Å². The van der Waals surface area contributed by atoms with Gasteiger partial charge in [0.15, 0.2) is 0 Å². The molecule has 98 valence electrons. The molecule has 0 spiro atoms. The third-order valence-corrected chi connectivity index (χ3v) is 4.45. The molecule has 0 amide bonds. The normalized spacial score (nSPS) is 12.9. The van der Waals surface area contributed by atoms with Crippen molar-refractivity contribution in [1.29, 1.82) is 0 Å². The van der Waals surface area contributed by atoms with Crippen molar-refractivity contribution in [1.82, 2.24) is 14.9 Å². The fourth-order valence-corrected chi connectivity index (χ4v) is 2.94. The van der Waals surface area contributed by atoms with Gasteiger partial charge in [0.1, 0.15) is 5.82 Å². The van der Waals surface area contributed by atoms with Crippen LogP contribution in [-0.2, 0) is 13.0 Å². The van der Waals surface area contributed by atoms with E-state index in [-0.39, 0.29) is 6.04 Å². The molecule has 3 nitrogen and oxygen atoms in total.